The Morgan fingerprint density at radius 1 is 1.45 bits per heavy atom. The summed E-state index contributed by atoms with van der Waals surface area (Å²) in [4.78, 5) is 4.19. The van der Waals surface area contributed by atoms with E-state index in [4.69, 9.17) is 9.15 Å². The van der Waals surface area contributed by atoms with Gasteiger partial charge in [-0.25, -0.2) is 4.98 Å². The molecule has 0 saturated carbocycles. The van der Waals surface area contributed by atoms with Gasteiger partial charge in [0.2, 0.25) is 0 Å². The highest BCUT2D eigenvalue weighted by atomic mass is 16.5. The molecule has 0 amide bonds. The molecule has 2 aromatic heterocycles. The van der Waals surface area contributed by atoms with E-state index >= 15 is 0 Å². The van der Waals surface area contributed by atoms with E-state index in [2.05, 4.69) is 28.7 Å². The molecule has 0 radical (unpaired) electrons. The Kier molecular flexibility index (Phi) is 5.83. The summed E-state index contributed by atoms with van der Waals surface area (Å²) in [6.45, 7) is 7.38. The fourth-order valence-corrected chi connectivity index (χ4v) is 2.02. The van der Waals surface area contributed by atoms with E-state index in [-0.39, 0.29) is 0 Å². The van der Waals surface area contributed by atoms with E-state index in [1.54, 1.807) is 6.26 Å². The number of nitrogens with one attached hydrogen (secondary N) is 1. The summed E-state index contributed by atoms with van der Waals surface area (Å²) in [5, 5.41) is 3.41. The van der Waals surface area contributed by atoms with E-state index < -0.39 is 0 Å². The molecule has 0 aromatic carbocycles. The van der Waals surface area contributed by atoms with Crippen molar-refractivity contribution in [2.45, 2.75) is 39.5 Å². The van der Waals surface area contributed by atoms with Gasteiger partial charge in [-0.3, -0.25) is 0 Å². The van der Waals surface area contributed by atoms with Crippen molar-refractivity contribution in [2.75, 3.05) is 13.2 Å². The maximum atomic E-state index is 5.53. The van der Waals surface area contributed by atoms with Gasteiger partial charge in [-0.2, -0.15) is 0 Å². The summed E-state index contributed by atoms with van der Waals surface area (Å²) in [5.41, 5.74) is 1.22. The quantitative estimate of drug-likeness (QED) is 0.716. The van der Waals surface area contributed by atoms with Crippen LogP contribution in [0.3, 0.4) is 0 Å². The molecular formula is C15H23N3O2. The van der Waals surface area contributed by atoms with Crippen LogP contribution in [0.15, 0.2) is 35.3 Å². The van der Waals surface area contributed by atoms with Crippen LogP contribution in [0.2, 0.25) is 0 Å². The van der Waals surface area contributed by atoms with Crippen molar-refractivity contribution in [1.82, 2.24) is 14.9 Å². The number of nitrogens with zero attached hydrogens (tertiary/aromatic N) is 2. The van der Waals surface area contributed by atoms with Gasteiger partial charge in [-0.1, -0.05) is 0 Å². The third-order valence-corrected chi connectivity index (χ3v) is 3.08. The maximum absolute atomic E-state index is 5.53. The monoisotopic (exact) mass is 277 g/mol. The summed E-state index contributed by atoms with van der Waals surface area (Å²) in [6.07, 6.45) is 6.45. The van der Waals surface area contributed by atoms with Crippen LogP contribution in [0.25, 0.3) is 0 Å². The fraction of sp³-hybridized carbons (Fsp3) is 0.533. The van der Waals surface area contributed by atoms with Crippen molar-refractivity contribution < 1.29 is 9.15 Å². The second kappa shape index (κ2) is 7.87. The van der Waals surface area contributed by atoms with Crippen LogP contribution in [0.4, 0.5) is 0 Å². The zero-order valence-corrected chi connectivity index (χ0v) is 12.2. The van der Waals surface area contributed by atoms with Crippen LogP contribution in [0.1, 0.15) is 37.8 Å². The average Bonchev–Trinajstić information content (AvgIpc) is 3.08. The predicted molar refractivity (Wildman–Crippen MR) is 77.3 cm³/mol. The molecule has 2 heterocycles. The van der Waals surface area contributed by atoms with Crippen molar-refractivity contribution in [3.8, 4) is 0 Å². The lowest BCUT2D eigenvalue weighted by atomic mass is 10.3. The molecule has 0 saturated heterocycles. The first-order valence-electron chi connectivity index (χ1n) is 7.09. The molecule has 20 heavy (non-hydrogen) atoms. The molecule has 0 aliphatic carbocycles. The highest BCUT2D eigenvalue weighted by Crippen LogP contribution is 2.08. The highest BCUT2D eigenvalue weighted by molar-refractivity contribution is 4.99. The maximum Gasteiger partial charge on any atom is 0.129 e. The fourth-order valence-electron chi connectivity index (χ4n) is 2.02. The van der Waals surface area contributed by atoms with Gasteiger partial charge in [0.15, 0.2) is 0 Å². The number of aromatic nitrogens is 2. The first-order valence-corrected chi connectivity index (χ1v) is 7.09. The van der Waals surface area contributed by atoms with Crippen LogP contribution in [-0.4, -0.2) is 22.7 Å². The van der Waals surface area contributed by atoms with Gasteiger partial charge < -0.3 is 19.0 Å². The smallest absolute Gasteiger partial charge is 0.129 e. The van der Waals surface area contributed by atoms with Crippen molar-refractivity contribution in [3.05, 3.63) is 42.4 Å². The van der Waals surface area contributed by atoms with Crippen LogP contribution < -0.4 is 5.32 Å². The number of hydrogen-bond acceptors (Lipinski definition) is 4. The summed E-state index contributed by atoms with van der Waals surface area (Å²) >= 11 is 0. The van der Waals surface area contributed by atoms with Gasteiger partial charge in [-0.05, 0) is 38.9 Å². The molecule has 0 atom stereocenters. The molecular weight excluding hydrogens is 254 g/mol. The number of furan rings is 1. The molecule has 2 aromatic rings. The van der Waals surface area contributed by atoms with Crippen molar-refractivity contribution in [2.24, 2.45) is 0 Å². The molecule has 0 spiro atoms. The largest absolute Gasteiger partial charge is 0.467 e. The van der Waals surface area contributed by atoms with E-state index in [9.17, 15) is 0 Å². The second-order valence-electron chi connectivity index (χ2n) is 5.05. The Morgan fingerprint density at radius 2 is 2.35 bits per heavy atom. The van der Waals surface area contributed by atoms with Crippen molar-refractivity contribution >= 4 is 0 Å². The van der Waals surface area contributed by atoms with Crippen molar-refractivity contribution in [1.29, 1.82) is 0 Å². The van der Waals surface area contributed by atoms with E-state index in [0.29, 0.717) is 12.6 Å². The lowest BCUT2D eigenvalue weighted by Gasteiger charge is -2.12. The Balaban J connectivity index is 1.54. The number of rotatable bonds is 9. The molecule has 0 aliphatic rings. The predicted octanol–water partition coefficient (Wildman–Crippen LogP) is 2.75. The lowest BCUT2D eigenvalue weighted by molar-refractivity contribution is 0.104. The molecule has 5 nitrogen and oxygen atoms in total. The molecule has 0 fully saturated rings. The van der Waals surface area contributed by atoms with E-state index in [1.165, 1.54) is 5.69 Å². The standard InChI is InChI=1S/C15H23N3O2/c1-13(2)18-12-17-10-14(18)9-16-6-4-7-19-11-15-5-3-8-20-15/h3,5,8,10,12-13,16H,4,6-7,9,11H2,1-2H3. The number of imidazole rings is 1. The Hall–Kier alpha value is -1.59. The first kappa shape index (κ1) is 14.8. The Morgan fingerprint density at radius 3 is 3.10 bits per heavy atom. The van der Waals surface area contributed by atoms with Crippen LogP contribution in [0, 0.1) is 0 Å². The molecule has 0 unspecified atom stereocenters. The molecule has 5 heteroatoms. The second-order valence-corrected chi connectivity index (χ2v) is 5.05. The third kappa shape index (κ3) is 4.51. The molecule has 2 rings (SSSR count). The zero-order valence-electron chi connectivity index (χ0n) is 12.2. The summed E-state index contributed by atoms with van der Waals surface area (Å²) in [7, 11) is 0. The minimum atomic E-state index is 0.450. The average molecular weight is 277 g/mol. The SMILES string of the molecule is CC(C)n1cncc1CNCCCOCc1ccco1. The van der Waals surface area contributed by atoms with Crippen LogP contribution in [0.5, 0.6) is 0 Å². The summed E-state index contributed by atoms with van der Waals surface area (Å²) < 4.78 is 12.9. The summed E-state index contributed by atoms with van der Waals surface area (Å²) in [5.74, 6) is 0.874. The Bertz CT molecular complexity index is 477. The molecule has 0 aliphatic heterocycles. The number of ether oxygens (including phenoxy) is 1. The van der Waals surface area contributed by atoms with Gasteiger partial charge in [0.05, 0.1) is 18.3 Å². The number of hydrogen-bond donors (Lipinski definition) is 1. The Labute approximate surface area is 120 Å². The molecule has 110 valence electrons. The van der Waals surface area contributed by atoms with Crippen molar-refractivity contribution in [3.63, 3.8) is 0 Å². The molecule has 1 N–H and O–H groups in total. The van der Waals surface area contributed by atoms with E-state index in [0.717, 1.165) is 31.9 Å². The van der Waals surface area contributed by atoms with E-state index in [1.807, 2.05) is 24.7 Å². The van der Waals surface area contributed by atoms with Crippen LogP contribution in [-0.2, 0) is 17.9 Å². The van der Waals surface area contributed by atoms with Gasteiger partial charge >= 0.3 is 0 Å². The molecule has 0 bridgehead atoms. The van der Waals surface area contributed by atoms with Gasteiger partial charge in [0, 0.05) is 25.4 Å². The zero-order chi connectivity index (χ0) is 14.2. The van der Waals surface area contributed by atoms with Crippen LogP contribution >= 0.6 is 0 Å². The van der Waals surface area contributed by atoms with Gasteiger partial charge in [-0.15, -0.1) is 0 Å². The lowest BCUT2D eigenvalue weighted by Crippen LogP contribution is -2.19. The first-order chi connectivity index (χ1) is 9.77. The third-order valence-electron chi connectivity index (χ3n) is 3.08. The van der Waals surface area contributed by atoms with Gasteiger partial charge in [0.25, 0.3) is 0 Å². The minimum Gasteiger partial charge on any atom is -0.467 e. The summed E-state index contributed by atoms with van der Waals surface area (Å²) in [6, 6.07) is 4.25. The van der Waals surface area contributed by atoms with Gasteiger partial charge in [0.1, 0.15) is 12.4 Å². The topological polar surface area (TPSA) is 52.2 Å². The normalized spacial score (nSPS) is 11.3. The highest BCUT2D eigenvalue weighted by Gasteiger charge is 2.04. The minimum absolute atomic E-state index is 0.450.